The van der Waals surface area contributed by atoms with Crippen LogP contribution in [-0.4, -0.2) is 27.3 Å². The van der Waals surface area contributed by atoms with Crippen LogP contribution in [0.1, 0.15) is 19.5 Å². The smallest absolute Gasteiger partial charge is 0.320 e. The summed E-state index contributed by atoms with van der Waals surface area (Å²) in [7, 11) is 0. The summed E-state index contributed by atoms with van der Waals surface area (Å²) < 4.78 is 0. The predicted molar refractivity (Wildman–Crippen MR) is 77.1 cm³/mol. The molecule has 0 spiro atoms. The zero-order valence-corrected chi connectivity index (χ0v) is 11.6. The van der Waals surface area contributed by atoms with Gasteiger partial charge in [-0.25, -0.2) is 0 Å². The lowest BCUT2D eigenvalue weighted by Gasteiger charge is -2.17. The minimum atomic E-state index is -0.831. The molecule has 0 saturated carbocycles. The number of nitrogens with one attached hydrogen (secondary N) is 2. The largest absolute Gasteiger partial charge is 0.480 e. The van der Waals surface area contributed by atoms with Crippen LogP contribution < -0.4 is 5.32 Å². The van der Waals surface area contributed by atoms with Crippen molar-refractivity contribution in [3.05, 3.63) is 42.1 Å². The van der Waals surface area contributed by atoms with E-state index < -0.39 is 12.0 Å². The molecule has 1 atom stereocenters. The molecular weight excluding hydrogens is 254 g/mol. The number of aromatic nitrogens is 2. The number of hydrogen-bond acceptors (Lipinski definition) is 3. The maximum atomic E-state index is 11.1. The van der Waals surface area contributed by atoms with Crippen molar-refractivity contribution < 1.29 is 9.90 Å². The van der Waals surface area contributed by atoms with Gasteiger partial charge < -0.3 is 5.11 Å². The van der Waals surface area contributed by atoms with E-state index in [1.165, 1.54) is 0 Å². The normalized spacial score (nSPS) is 12.6. The first-order valence-corrected chi connectivity index (χ1v) is 6.64. The van der Waals surface area contributed by atoms with Gasteiger partial charge in [0.15, 0.2) is 0 Å². The van der Waals surface area contributed by atoms with Crippen LogP contribution in [0.5, 0.6) is 0 Å². The van der Waals surface area contributed by atoms with E-state index in [4.69, 9.17) is 5.11 Å². The molecule has 1 heterocycles. The molecule has 20 heavy (non-hydrogen) atoms. The highest BCUT2D eigenvalue weighted by Crippen LogP contribution is 2.16. The van der Waals surface area contributed by atoms with Crippen molar-refractivity contribution in [1.29, 1.82) is 0 Å². The average Bonchev–Trinajstić information content (AvgIpc) is 2.88. The molecule has 0 fully saturated rings. The SMILES string of the molecule is CC(C)[C@@H](NCc1cc(-c2ccccc2)n[nH]1)C(=O)O. The molecule has 0 aliphatic carbocycles. The highest BCUT2D eigenvalue weighted by Gasteiger charge is 2.20. The molecule has 0 saturated heterocycles. The van der Waals surface area contributed by atoms with Crippen LogP contribution in [0, 0.1) is 5.92 Å². The van der Waals surface area contributed by atoms with Crippen LogP contribution in [0.2, 0.25) is 0 Å². The van der Waals surface area contributed by atoms with Crippen molar-refractivity contribution in [3.63, 3.8) is 0 Å². The third-order valence-corrected chi connectivity index (χ3v) is 3.15. The van der Waals surface area contributed by atoms with E-state index in [1.54, 1.807) is 0 Å². The number of rotatable bonds is 6. The Morgan fingerprint density at radius 3 is 2.65 bits per heavy atom. The lowest BCUT2D eigenvalue weighted by Crippen LogP contribution is -2.40. The van der Waals surface area contributed by atoms with Gasteiger partial charge in [0.1, 0.15) is 6.04 Å². The van der Waals surface area contributed by atoms with Crippen LogP contribution in [-0.2, 0) is 11.3 Å². The van der Waals surface area contributed by atoms with Crippen molar-refractivity contribution in [2.45, 2.75) is 26.4 Å². The fourth-order valence-corrected chi connectivity index (χ4v) is 2.04. The number of carboxylic acid groups (broad SMARTS) is 1. The quantitative estimate of drug-likeness (QED) is 0.754. The first-order chi connectivity index (χ1) is 9.58. The molecule has 0 bridgehead atoms. The minimum Gasteiger partial charge on any atom is -0.480 e. The van der Waals surface area contributed by atoms with Gasteiger partial charge in [-0.1, -0.05) is 44.2 Å². The molecule has 0 aliphatic rings. The molecule has 2 aromatic rings. The second-order valence-corrected chi connectivity index (χ2v) is 5.09. The number of carbonyl (C=O) groups is 1. The van der Waals surface area contributed by atoms with E-state index in [9.17, 15) is 4.79 Å². The molecular formula is C15H19N3O2. The van der Waals surface area contributed by atoms with Crippen molar-refractivity contribution in [2.75, 3.05) is 0 Å². The highest BCUT2D eigenvalue weighted by atomic mass is 16.4. The van der Waals surface area contributed by atoms with Gasteiger partial charge >= 0.3 is 5.97 Å². The summed E-state index contributed by atoms with van der Waals surface area (Å²) in [5, 5.41) is 19.3. The Morgan fingerprint density at radius 2 is 2.05 bits per heavy atom. The molecule has 2 rings (SSSR count). The molecule has 0 amide bonds. The molecule has 0 radical (unpaired) electrons. The Labute approximate surface area is 118 Å². The topological polar surface area (TPSA) is 78.0 Å². The van der Waals surface area contributed by atoms with Crippen molar-refractivity contribution in [3.8, 4) is 11.3 Å². The third kappa shape index (κ3) is 3.45. The average molecular weight is 273 g/mol. The van der Waals surface area contributed by atoms with E-state index in [-0.39, 0.29) is 5.92 Å². The molecule has 1 aromatic heterocycles. The van der Waals surface area contributed by atoms with Crippen LogP contribution in [0.15, 0.2) is 36.4 Å². The minimum absolute atomic E-state index is 0.0315. The number of nitrogens with zero attached hydrogens (tertiary/aromatic N) is 1. The molecule has 5 nitrogen and oxygen atoms in total. The lowest BCUT2D eigenvalue weighted by molar-refractivity contribution is -0.140. The Balaban J connectivity index is 2.02. The first-order valence-electron chi connectivity index (χ1n) is 6.64. The van der Waals surface area contributed by atoms with Crippen molar-refractivity contribution >= 4 is 5.97 Å². The predicted octanol–water partition coefficient (Wildman–Crippen LogP) is 2.28. The summed E-state index contributed by atoms with van der Waals surface area (Å²) in [5.41, 5.74) is 2.77. The first kappa shape index (κ1) is 14.3. The van der Waals surface area contributed by atoms with Gasteiger partial charge in [-0.3, -0.25) is 15.2 Å². The second-order valence-electron chi connectivity index (χ2n) is 5.09. The van der Waals surface area contributed by atoms with Gasteiger partial charge in [0.05, 0.1) is 5.69 Å². The Kier molecular flexibility index (Phi) is 4.53. The fourth-order valence-electron chi connectivity index (χ4n) is 2.04. The second kappa shape index (κ2) is 6.34. The summed E-state index contributed by atoms with van der Waals surface area (Å²) in [6.45, 7) is 4.22. The number of aliphatic carboxylic acids is 1. The standard InChI is InChI=1S/C15H19N3O2/c1-10(2)14(15(19)20)16-9-12-8-13(18-17-12)11-6-4-3-5-7-11/h3-8,10,14,16H,9H2,1-2H3,(H,17,18)(H,19,20)/t14-/m1/s1. The van der Waals surface area contributed by atoms with E-state index in [0.29, 0.717) is 6.54 Å². The van der Waals surface area contributed by atoms with Gasteiger partial charge in [0.25, 0.3) is 0 Å². The van der Waals surface area contributed by atoms with E-state index >= 15 is 0 Å². The van der Waals surface area contributed by atoms with Crippen LogP contribution in [0.4, 0.5) is 0 Å². The third-order valence-electron chi connectivity index (χ3n) is 3.15. The molecule has 0 unspecified atom stereocenters. The molecule has 1 aromatic carbocycles. The van der Waals surface area contributed by atoms with Crippen LogP contribution in [0.25, 0.3) is 11.3 Å². The van der Waals surface area contributed by atoms with Gasteiger partial charge in [-0.15, -0.1) is 0 Å². The monoisotopic (exact) mass is 273 g/mol. The molecule has 0 aliphatic heterocycles. The molecule has 5 heteroatoms. The number of hydrogen-bond donors (Lipinski definition) is 3. The highest BCUT2D eigenvalue weighted by molar-refractivity contribution is 5.73. The van der Waals surface area contributed by atoms with E-state index in [0.717, 1.165) is 17.0 Å². The number of aromatic amines is 1. The van der Waals surface area contributed by atoms with Crippen LogP contribution >= 0.6 is 0 Å². The van der Waals surface area contributed by atoms with Crippen molar-refractivity contribution in [2.24, 2.45) is 5.92 Å². The molecule has 106 valence electrons. The lowest BCUT2D eigenvalue weighted by atomic mass is 10.0. The zero-order valence-electron chi connectivity index (χ0n) is 11.6. The maximum absolute atomic E-state index is 11.1. The Morgan fingerprint density at radius 1 is 1.35 bits per heavy atom. The number of benzene rings is 1. The van der Waals surface area contributed by atoms with Gasteiger partial charge in [0, 0.05) is 17.8 Å². The van der Waals surface area contributed by atoms with Gasteiger partial charge in [-0.2, -0.15) is 5.10 Å². The summed E-state index contributed by atoms with van der Waals surface area (Å²) in [6, 6.07) is 11.2. The summed E-state index contributed by atoms with van der Waals surface area (Å²) in [5.74, 6) is -0.799. The summed E-state index contributed by atoms with van der Waals surface area (Å²) in [4.78, 5) is 11.1. The van der Waals surface area contributed by atoms with Gasteiger partial charge in [-0.05, 0) is 12.0 Å². The van der Waals surface area contributed by atoms with E-state index in [1.807, 2.05) is 50.2 Å². The number of H-pyrrole nitrogens is 1. The van der Waals surface area contributed by atoms with Crippen LogP contribution in [0.3, 0.4) is 0 Å². The zero-order chi connectivity index (χ0) is 14.5. The van der Waals surface area contributed by atoms with E-state index in [2.05, 4.69) is 15.5 Å². The summed E-state index contributed by atoms with van der Waals surface area (Å²) in [6.07, 6.45) is 0. The fraction of sp³-hybridized carbons (Fsp3) is 0.333. The summed E-state index contributed by atoms with van der Waals surface area (Å²) >= 11 is 0. The van der Waals surface area contributed by atoms with Crippen molar-refractivity contribution in [1.82, 2.24) is 15.5 Å². The molecule has 3 N–H and O–H groups in total. The number of carboxylic acids is 1. The van der Waals surface area contributed by atoms with Gasteiger partial charge in [0.2, 0.25) is 0 Å². The Hall–Kier alpha value is -2.14. The maximum Gasteiger partial charge on any atom is 0.320 e. The Bertz CT molecular complexity index is 564.